The van der Waals surface area contributed by atoms with E-state index in [0.717, 1.165) is 42.4 Å². The summed E-state index contributed by atoms with van der Waals surface area (Å²) in [5, 5.41) is 0. The lowest BCUT2D eigenvalue weighted by Crippen LogP contribution is -2.63. The maximum absolute atomic E-state index is 13.2. The summed E-state index contributed by atoms with van der Waals surface area (Å²) < 4.78 is 28.4. The molecule has 0 bridgehead atoms. The van der Waals surface area contributed by atoms with Crippen LogP contribution in [0, 0.1) is 0 Å². The van der Waals surface area contributed by atoms with Crippen LogP contribution in [-0.4, -0.2) is 62.3 Å². The van der Waals surface area contributed by atoms with Crippen molar-refractivity contribution in [2.24, 2.45) is 0 Å². The number of hydrogen-bond donors (Lipinski definition) is 0. The van der Waals surface area contributed by atoms with Crippen LogP contribution >= 0.6 is 0 Å². The molecule has 2 aliphatic heterocycles. The lowest BCUT2D eigenvalue weighted by Gasteiger charge is -2.60. The number of esters is 1. The molecule has 2 heterocycles. The predicted octanol–water partition coefficient (Wildman–Crippen LogP) is 4.55. The number of carbonyl (C=O) groups excluding carboxylic acids is 2. The van der Waals surface area contributed by atoms with Crippen LogP contribution in [0.15, 0.2) is 54.2 Å². The van der Waals surface area contributed by atoms with Crippen LogP contribution in [-0.2, 0) is 36.8 Å². The summed E-state index contributed by atoms with van der Waals surface area (Å²) in [6, 6.07) is 14.0. The first-order valence-corrected chi connectivity index (χ1v) is 13.7. The number of Topliss-reactive ketones (excluding diaryl/α,β-unsaturated/α-hetero) is 1. The van der Waals surface area contributed by atoms with Crippen LogP contribution in [0.3, 0.4) is 0 Å². The normalized spacial score (nSPS) is 23.4. The predicted molar refractivity (Wildman–Crippen MR) is 145 cm³/mol. The third-order valence-electron chi connectivity index (χ3n) is 7.92. The van der Waals surface area contributed by atoms with E-state index >= 15 is 0 Å². The third kappa shape index (κ3) is 5.54. The zero-order valence-corrected chi connectivity index (χ0v) is 22.9. The fourth-order valence-corrected chi connectivity index (χ4v) is 6.02. The number of ether oxygens (including phenoxy) is 5. The minimum atomic E-state index is -0.560. The second kappa shape index (κ2) is 11.8. The Kier molecular flexibility index (Phi) is 8.23. The maximum Gasteiger partial charge on any atom is 0.343 e. The number of carbonyl (C=O) groups is 2. The lowest BCUT2D eigenvalue weighted by molar-refractivity contribution is -0.143. The van der Waals surface area contributed by atoms with Crippen LogP contribution in [0.5, 0.6) is 11.5 Å². The molecule has 8 heteroatoms. The quantitative estimate of drug-likeness (QED) is 0.236. The van der Waals surface area contributed by atoms with Gasteiger partial charge in [-0.15, -0.1) is 0 Å². The second-order valence-electron chi connectivity index (χ2n) is 10.4. The molecule has 0 radical (unpaired) electrons. The first kappa shape index (κ1) is 27.2. The van der Waals surface area contributed by atoms with Crippen molar-refractivity contribution in [3.05, 3.63) is 70.9 Å². The summed E-state index contributed by atoms with van der Waals surface area (Å²) in [6.07, 6.45) is 5.15. The molecular formula is C31H37NO7. The van der Waals surface area contributed by atoms with Crippen molar-refractivity contribution in [3.63, 3.8) is 0 Å². The second-order valence-corrected chi connectivity index (χ2v) is 10.4. The average Bonchev–Trinajstić information content (AvgIpc) is 2.92. The van der Waals surface area contributed by atoms with Gasteiger partial charge in [0.2, 0.25) is 0 Å². The van der Waals surface area contributed by atoms with E-state index in [4.69, 9.17) is 23.7 Å². The van der Waals surface area contributed by atoms with Crippen molar-refractivity contribution in [1.82, 2.24) is 4.90 Å². The first-order chi connectivity index (χ1) is 19.0. The highest BCUT2D eigenvalue weighted by molar-refractivity contribution is 6.17. The van der Waals surface area contributed by atoms with Gasteiger partial charge in [0.1, 0.15) is 5.57 Å². The molecule has 1 atom stereocenters. The van der Waals surface area contributed by atoms with E-state index in [1.165, 1.54) is 0 Å². The molecule has 1 spiro atoms. The zero-order valence-electron chi connectivity index (χ0n) is 22.9. The minimum absolute atomic E-state index is 0.0903. The van der Waals surface area contributed by atoms with Gasteiger partial charge >= 0.3 is 5.97 Å². The number of fused-ring (bicyclic) bond motifs is 4. The Morgan fingerprint density at radius 2 is 1.87 bits per heavy atom. The molecule has 39 heavy (non-hydrogen) atoms. The van der Waals surface area contributed by atoms with Crippen molar-refractivity contribution in [3.8, 4) is 11.5 Å². The van der Waals surface area contributed by atoms with E-state index in [2.05, 4.69) is 23.1 Å². The smallest absolute Gasteiger partial charge is 0.343 e. The Balaban J connectivity index is 1.44. The molecule has 2 aromatic carbocycles. The molecule has 1 fully saturated rings. The Morgan fingerprint density at radius 3 is 2.59 bits per heavy atom. The molecule has 208 valence electrons. The molecule has 3 aliphatic rings. The van der Waals surface area contributed by atoms with Gasteiger partial charge in [-0.2, -0.15) is 0 Å². The van der Waals surface area contributed by atoms with Crippen LogP contribution < -0.4 is 9.47 Å². The fraction of sp³-hybridized carbons (Fsp3) is 0.484. The van der Waals surface area contributed by atoms with Gasteiger partial charge in [0, 0.05) is 38.3 Å². The molecule has 8 nitrogen and oxygen atoms in total. The van der Waals surface area contributed by atoms with Gasteiger partial charge in [-0.25, -0.2) is 4.79 Å². The number of rotatable bonds is 11. The van der Waals surface area contributed by atoms with E-state index in [0.29, 0.717) is 31.3 Å². The number of methoxy groups -OCH3 is 2. The molecule has 0 saturated heterocycles. The lowest BCUT2D eigenvalue weighted by atomic mass is 9.64. The number of nitrogens with zero attached hydrogens (tertiary/aromatic N) is 1. The highest BCUT2D eigenvalue weighted by Crippen LogP contribution is 2.54. The summed E-state index contributed by atoms with van der Waals surface area (Å²) in [4.78, 5) is 28.0. The van der Waals surface area contributed by atoms with Crippen molar-refractivity contribution in [2.45, 2.75) is 63.3 Å². The van der Waals surface area contributed by atoms with Gasteiger partial charge in [-0.05, 0) is 55.0 Å². The standard InChI is InChI=1S/C31H37NO7/c1-4-37-30(34)25-19-32-26(15-27(25)33)24-14-28(36-3)29(38-12-8-11-35-2)13-22(24)16-31(32)17-23(18-31)39-20-21-9-6-5-7-10-21/h5-7,9-10,13-14,19,23,26H,4,8,11-12,15-18,20H2,1-3H3. The summed E-state index contributed by atoms with van der Waals surface area (Å²) in [5.41, 5.74) is 3.17. The summed E-state index contributed by atoms with van der Waals surface area (Å²) in [6.45, 7) is 3.66. The summed E-state index contributed by atoms with van der Waals surface area (Å²) in [5.74, 6) is 0.563. The molecular weight excluding hydrogens is 498 g/mol. The average molecular weight is 536 g/mol. The fourth-order valence-electron chi connectivity index (χ4n) is 6.02. The number of benzene rings is 2. The maximum atomic E-state index is 13.2. The molecule has 0 aromatic heterocycles. The highest BCUT2D eigenvalue weighted by atomic mass is 16.5. The van der Waals surface area contributed by atoms with Gasteiger partial charge in [0.05, 0.1) is 39.1 Å². The van der Waals surface area contributed by atoms with E-state index in [1.807, 2.05) is 24.3 Å². The number of hydrogen-bond acceptors (Lipinski definition) is 8. The topological polar surface area (TPSA) is 83.5 Å². The zero-order chi connectivity index (χ0) is 27.4. The van der Waals surface area contributed by atoms with Gasteiger partial charge < -0.3 is 28.6 Å². The van der Waals surface area contributed by atoms with Gasteiger partial charge in [-0.1, -0.05) is 30.3 Å². The Morgan fingerprint density at radius 1 is 1.08 bits per heavy atom. The molecule has 1 aliphatic carbocycles. The molecule has 0 amide bonds. The summed E-state index contributed by atoms with van der Waals surface area (Å²) >= 11 is 0. The van der Waals surface area contributed by atoms with Crippen LogP contribution in [0.2, 0.25) is 0 Å². The molecule has 1 saturated carbocycles. The van der Waals surface area contributed by atoms with E-state index < -0.39 is 5.97 Å². The van der Waals surface area contributed by atoms with Crippen molar-refractivity contribution < 1.29 is 33.3 Å². The van der Waals surface area contributed by atoms with E-state index in [1.54, 1.807) is 27.3 Å². The monoisotopic (exact) mass is 535 g/mol. The Hall–Kier alpha value is -3.36. The van der Waals surface area contributed by atoms with Crippen LogP contribution in [0.25, 0.3) is 0 Å². The van der Waals surface area contributed by atoms with Gasteiger partial charge in [-0.3, -0.25) is 4.79 Å². The Labute approximate surface area is 229 Å². The van der Waals surface area contributed by atoms with Crippen molar-refractivity contribution in [1.29, 1.82) is 0 Å². The number of ketones is 1. The van der Waals surface area contributed by atoms with Crippen LogP contribution in [0.4, 0.5) is 0 Å². The van der Waals surface area contributed by atoms with E-state index in [9.17, 15) is 9.59 Å². The van der Waals surface area contributed by atoms with E-state index in [-0.39, 0.29) is 42.1 Å². The summed E-state index contributed by atoms with van der Waals surface area (Å²) in [7, 11) is 3.30. The first-order valence-electron chi connectivity index (χ1n) is 13.7. The van der Waals surface area contributed by atoms with Crippen molar-refractivity contribution in [2.75, 3.05) is 34.0 Å². The molecule has 0 N–H and O–H groups in total. The molecule has 5 rings (SSSR count). The highest BCUT2D eigenvalue weighted by Gasteiger charge is 2.55. The molecule has 1 unspecified atom stereocenters. The third-order valence-corrected chi connectivity index (χ3v) is 7.92. The van der Waals surface area contributed by atoms with Gasteiger partial charge in [0.15, 0.2) is 17.3 Å². The van der Waals surface area contributed by atoms with Crippen LogP contribution in [0.1, 0.15) is 55.3 Å². The minimum Gasteiger partial charge on any atom is -0.493 e. The SMILES string of the molecule is CCOC(=O)C1=CN2C(CC1=O)c1cc(OC)c(OCCCOC)cc1CC21CC(OCc2ccccc2)C1. The largest absolute Gasteiger partial charge is 0.493 e. The van der Waals surface area contributed by atoms with Gasteiger partial charge in [0.25, 0.3) is 0 Å². The molecule has 2 aromatic rings. The van der Waals surface area contributed by atoms with Crippen molar-refractivity contribution >= 4 is 11.8 Å². The Bertz CT molecular complexity index is 1220.